The Balaban J connectivity index is 1.50. The number of ether oxygens (including phenoxy) is 1. The van der Waals surface area contributed by atoms with Crippen molar-refractivity contribution in [3.63, 3.8) is 0 Å². The molecule has 1 N–H and O–H groups in total. The fourth-order valence-corrected chi connectivity index (χ4v) is 4.05. The smallest absolute Gasteiger partial charge is 0.0702 e. The minimum atomic E-state index is 0.503. The Hall–Kier alpha value is -0.0800. The van der Waals surface area contributed by atoms with Crippen LogP contribution in [0.15, 0.2) is 0 Å². The minimum absolute atomic E-state index is 0.503. The van der Waals surface area contributed by atoms with Crippen LogP contribution in [0, 0.1) is 11.8 Å². The van der Waals surface area contributed by atoms with Gasteiger partial charge >= 0.3 is 0 Å². The van der Waals surface area contributed by atoms with Crippen molar-refractivity contribution in [3.8, 4) is 0 Å². The van der Waals surface area contributed by atoms with Crippen LogP contribution in [-0.4, -0.2) is 25.3 Å². The first-order chi connectivity index (χ1) is 8.42. The zero-order valence-electron chi connectivity index (χ0n) is 11.0. The molecule has 0 spiro atoms. The van der Waals surface area contributed by atoms with Crippen molar-refractivity contribution in [1.82, 2.24) is 5.32 Å². The van der Waals surface area contributed by atoms with Gasteiger partial charge in [-0.3, -0.25) is 0 Å². The maximum atomic E-state index is 6.17. The molecule has 2 aliphatic carbocycles. The summed E-state index contributed by atoms with van der Waals surface area (Å²) < 4.78 is 6.17. The summed E-state index contributed by atoms with van der Waals surface area (Å²) in [5.41, 5.74) is 0. The molecule has 1 aliphatic heterocycles. The molecule has 0 bridgehead atoms. The summed E-state index contributed by atoms with van der Waals surface area (Å²) in [6.07, 6.45) is 13.2. The van der Waals surface area contributed by atoms with E-state index in [0.29, 0.717) is 6.10 Å². The summed E-state index contributed by atoms with van der Waals surface area (Å²) >= 11 is 0. The Morgan fingerprint density at radius 2 is 1.71 bits per heavy atom. The highest BCUT2D eigenvalue weighted by atomic mass is 16.5. The fraction of sp³-hybridized carbons (Fsp3) is 1.00. The Bertz CT molecular complexity index is 221. The standard InChI is InChI=1S/C15H27NO/c1-2-6-12(5-1)9-14-10-16-15-8-4-3-7-13(15)11-17-14/h12-16H,1-11H2. The molecule has 3 aliphatic rings. The number of fused-ring (bicyclic) bond motifs is 1. The van der Waals surface area contributed by atoms with Gasteiger partial charge in [-0.1, -0.05) is 38.5 Å². The summed E-state index contributed by atoms with van der Waals surface area (Å²) in [5.74, 6) is 1.76. The molecule has 98 valence electrons. The van der Waals surface area contributed by atoms with Gasteiger partial charge in [0.2, 0.25) is 0 Å². The summed E-state index contributed by atoms with van der Waals surface area (Å²) in [6.45, 7) is 2.13. The molecule has 3 rings (SSSR count). The first-order valence-electron chi connectivity index (χ1n) is 7.77. The van der Waals surface area contributed by atoms with Gasteiger partial charge in [-0.15, -0.1) is 0 Å². The summed E-state index contributed by atoms with van der Waals surface area (Å²) in [6, 6.07) is 0.761. The average molecular weight is 237 g/mol. The Labute approximate surface area is 105 Å². The van der Waals surface area contributed by atoms with Crippen LogP contribution in [0.3, 0.4) is 0 Å². The van der Waals surface area contributed by atoms with Crippen LogP contribution in [-0.2, 0) is 4.74 Å². The molecular formula is C15H27NO. The summed E-state index contributed by atoms with van der Waals surface area (Å²) in [4.78, 5) is 0. The van der Waals surface area contributed by atoms with E-state index in [1.165, 1.54) is 57.8 Å². The van der Waals surface area contributed by atoms with Gasteiger partial charge in [-0.05, 0) is 31.1 Å². The van der Waals surface area contributed by atoms with Crippen molar-refractivity contribution in [2.24, 2.45) is 11.8 Å². The highest BCUT2D eigenvalue weighted by molar-refractivity contribution is 4.85. The highest BCUT2D eigenvalue weighted by Gasteiger charge is 2.30. The number of hydrogen-bond acceptors (Lipinski definition) is 2. The first-order valence-corrected chi connectivity index (χ1v) is 7.77. The first kappa shape index (κ1) is 12.0. The molecule has 1 saturated heterocycles. The second-order valence-electron chi connectivity index (χ2n) is 6.40. The van der Waals surface area contributed by atoms with Crippen molar-refractivity contribution in [3.05, 3.63) is 0 Å². The Kier molecular flexibility index (Phi) is 4.02. The second kappa shape index (κ2) is 5.71. The molecule has 0 aromatic rings. The molecule has 0 aromatic carbocycles. The third-order valence-corrected chi connectivity index (χ3v) is 5.13. The molecule has 2 nitrogen and oxygen atoms in total. The maximum Gasteiger partial charge on any atom is 0.0702 e. The summed E-state index contributed by atoms with van der Waals surface area (Å²) in [7, 11) is 0. The molecule has 2 heteroatoms. The van der Waals surface area contributed by atoms with Gasteiger partial charge in [0.25, 0.3) is 0 Å². The van der Waals surface area contributed by atoms with Crippen molar-refractivity contribution < 1.29 is 4.74 Å². The second-order valence-corrected chi connectivity index (χ2v) is 6.40. The number of nitrogens with one attached hydrogen (secondary N) is 1. The number of rotatable bonds is 2. The lowest BCUT2D eigenvalue weighted by Gasteiger charge is -2.29. The van der Waals surface area contributed by atoms with Crippen molar-refractivity contribution >= 4 is 0 Å². The average Bonchev–Trinajstić information content (AvgIpc) is 2.78. The van der Waals surface area contributed by atoms with Crippen LogP contribution in [0.2, 0.25) is 0 Å². The molecule has 17 heavy (non-hydrogen) atoms. The van der Waals surface area contributed by atoms with Gasteiger partial charge in [0, 0.05) is 12.6 Å². The fourth-order valence-electron chi connectivity index (χ4n) is 4.05. The van der Waals surface area contributed by atoms with E-state index in [-0.39, 0.29) is 0 Å². The predicted molar refractivity (Wildman–Crippen MR) is 70.1 cm³/mol. The van der Waals surface area contributed by atoms with Crippen LogP contribution in [0.1, 0.15) is 57.8 Å². The van der Waals surface area contributed by atoms with E-state index in [1.807, 2.05) is 0 Å². The zero-order valence-corrected chi connectivity index (χ0v) is 11.0. The quantitative estimate of drug-likeness (QED) is 0.797. The van der Waals surface area contributed by atoms with E-state index >= 15 is 0 Å². The van der Waals surface area contributed by atoms with Crippen LogP contribution in [0.4, 0.5) is 0 Å². The van der Waals surface area contributed by atoms with Gasteiger partial charge < -0.3 is 10.1 Å². The van der Waals surface area contributed by atoms with E-state index in [4.69, 9.17) is 4.74 Å². The predicted octanol–water partition coefficient (Wildman–Crippen LogP) is 3.11. The van der Waals surface area contributed by atoms with Gasteiger partial charge in [0.1, 0.15) is 0 Å². The molecular weight excluding hydrogens is 210 g/mol. The van der Waals surface area contributed by atoms with Gasteiger partial charge in [-0.25, -0.2) is 0 Å². The lowest BCUT2D eigenvalue weighted by molar-refractivity contribution is 0.0273. The van der Waals surface area contributed by atoms with Crippen LogP contribution < -0.4 is 5.32 Å². The van der Waals surface area contributed by atoms with Crippen LogP contribution in [0.5, 0.6) is 0 Å². The van der Waals surface area contributed by atoms with Crippen molar-refractivity contribution in [2.45, 2.75) is 69.9 Å². The molecule has 0 amide bonds. The molecule has 3 fully saturated rings. The number of hydrogen-bond donors (Lipinski definition) is 1. The Morgan fingerprint density at radius 3 is 2.59 bits per heavy atom. The van der Waals surface area contributed by atoms with E-state index < -0.39 is 0 Å². The van der Waals surface area contributed by atoms with Crippen LogP contribution in [0.25, 0.3) is 0 Å². The summed E-state index contributed by atoms with van der Waals surface area (Å²) in [5, 5.41) is 3.78. The normalized spacial score (nSPS) is 39.9. The molecule has 3 unspecified atom stereocenters. The van der Waals surface area contributed by atoms with E-state index in [2.05, 4.69) is 5.32 Å². The Morgan fingerprint density at radius 1 is 0.941 bits per heavy atom. The topological polar surface area (TPSA) is 21.3 Å². The largest absolute Gasteiger partial charge is 0.377 e. The monoisotopic (exact) mass is 237 g/mol. The van der Waals surface area contributed by atoms with E-state index in [9.17, 15) is 0 Å². The minimum Gasteiger partial charge on any atom is -0.377 e. The maximum absolute atomic E-state index is 6.17. The lowest BCUT2D eigenvalue weighted by Crippen LogP contribution is -2.39. The zero-order chi connectivity index (χ0) is 11.5. The molecule has 0 radical (unpaired) electrons. The van der Waals surface area contributed by atoms with E-state index in [1.54, 1.807) is 0 Å². The van der Waals surface area contributed by atoms with Gasteiger partial charge in [0.05, 0.1) is 12.7 Å². The lowest BCUT2D eigenvalue weighted by atomic mass is 9.85. The highest BCUT2D eigenvalue weighted by Crippen LogP contribution is 2.31. The van der Waals surface area contributed by atoms with Gasteiger partial charge in [0.15, 0.2) is 0 Å². The molecule has 0 aromatic heterocycles. The van der Waals surface area contributed by atoms with Crippen molar-refractivity contribution in [1.29, 1.82) is 0 Å². The third-order valence-electron chi connectivity index (χ3n) is 5.13. The molecule has 3 atom stereocenters. The molecule has 1 heterocycles. The third kappa shape index (κ3) is 3.03. The SMILES string of the molecule is C1CCC(CC2CNC3CCCCC3CO2)C1. The van der Waals surface area contributed by atoms with Crippen molar-refractivity contribution in [2.75, 3.05) is 13.2 Å². The van der Waals surface area contributed by atoms with Crippen LogP contribution >= 0.6 is 0 Å². The van der Waals surface area contributed by atoms with E-state index in [0.717, 1.165) is 31.0 Å². The van der Waals surface area contributed by atoms with Gasteiger partial charge in [-0.2, -0.15) is 0 Å². The molecule has 2 saturated carbocycles.